The number of hydrogen-bond donors (Lipinski definition) is 1. The van der Waals surface area contributed by atoms with Crippen LogP contribution in [0.3, 0.4) is 0 Å². The molecule has 2 aliphatic rings. The van der Waals surface area contributed by atoms with Crippen molar-refractivity contribution in [1.82, 2.24) is 20.0 Å². The number of ether oxygens (including phenoxy) is 1. The zero-order valence-corrected chi connectivity index (χ0v) is 16.7. The number of rotatable bonds is 9. The average molecular weight is 354 g/mol. The molecule has 2 fully saturated rings. The molecule has 0 amide bonds. The van der Waals surface area contributed by atoms with E-state index in [2.05, 4.69) is 40.8 Å². The summed E-state index contributed by atoms with van der Waals surface area (Å²) < 4.78 is 5.49. The molecule has 2 heterocycles. The second kappa shape index (κ2) is 11.7. The highest BCUT2D eigenvalue weighted by atomic mass is 16.5. The third-order valence-corrected chi connectivity index (χ3v) is 5.40. The molecule has 0 saturated carbocycles. The van der Waals surface area contributed by atoms with Crippen LogP contribution in [-0.2, 0) is 4.74 Å². The van der Waals surface area contributed by atoms with Gasteiger partial charge in [-0.15, -0.1) is 0 Å². The summed E-state index contributed by atoms with van der Waals surface area (Å²) in [5.41, 5.74) is 0. The van der Waals surface area contributed by atoms with Crippen molar-refractivity contribution < 1.29 is 4.74 Å². The summed E-state index contributed by atoms with van der Waals surface area (Å²) in [6.07, 6.45) is 3.65. The SMILES string of the molecule is CCNC(=NCCCCN(CC)CC)N1CCC(N2CCOCC2)C1. The number of hydrogen-bond acceptors (Lipinski definition) is 4. The minimum absolute atomic E-state index is 0.662. The van der Waals surface area contributed by atoms with Gasteiger partial charge in [0, 0.05) is 45.3 Å². The Bertz CT molecular complexity index is 380. The van der Waals surface area contributed by atoms with E-state index in [9.17, 15) is 0 Å². The summed E-state index contributed by atoms with van der Waals surface area (Å²) in [5, 5.41) is 3.49. The molecule has 2 aliphatic heterocycles. The van der Waals surface area contributed by atoms with Gasteiger partial charge in [0.15, 0.2) is 5.96 Å². The van der Waals surface area contributed by atoms with Crippen molar-refractivity contribution in [1.29, 1.82) is 0 Å². The van der Waals surface area contributed by atoms with Gasteiger partial charge in [0.2, 0.25) is 0 Å². The molecule has 25 heavy (non-hydrogen) atoms. The number of aliphatic imine (C=N–C) groups is 1. The van der Waals surface area contributed by atoms with Gasteiger partial charge in [-0.3, -0.25) is 9.89 Å². The summed E-state index contributed by atoms with van der Waals surface area (Å²) in [6.45, 7) is 18.2. The molecule has 0 aromatic carbocycles. The van der Waals surface area contributed by atoms with Gasteiger partial charge in [-0.1, -0.05) is 13.8 Å². The summed E-state index contributed by atoms with van der Waals surface area (Å²) >= 11 is 0. The highest BCUT2D eigenvalue weighted by Crippen LogP contribution is 2.17. The Kier molecular flexibility index (Phi) is 9.58. The first-order chi connectivity index (χ1) is 12.3. The second-order valence-electron chi connectivity index (χ2n) is 7.01. The van der Waals surface area contributed by atoms with Crippen LogP contribution < -0.4 is 5.32 Å². The first kappa shape index (κ1) is 20.5. The van der Waals surface area contributed by atoms with Crippen molar-refractivity contribution in [2.24, 2.45) is 4.99 Å². The maximum Gasteiger partial charge on any atom is 0.193 e. The normalized spacial score (nSPS) is 22.8. The molecule has 6 heteroatoms. The highest BCUT2D eigenvalue weighted by molar-refractivity contribution is 5.80. The molecule has 146 valence electrons. The monoisotopic (exact) mass is 353 g/mol. The predicted molar refractivity (Wildman–Crippen MR) is 105 cm³/mol. The van der Waals surface area contributed by atoms with E-state index in [0.29, 0.717) is 6.04 Å². The summed E-state index contributed by atoms with van der Waals surface area (Å²) in [7, 11) is 0. The van der Waals surface area contributed by atoms with Crippen LogP contribution >= 0.6 is 0 Å². The van der Waals surface area contributed by atoms with E-state index in [4.69, 9.17) is 9.73 Å². The average Bonchev–Trinajstić information content (AvgIpc) is 3.14. The second-order valence-corrected chi connectivity index (χ2v) is 7.01. The standard InChI is InChI=1S/C19H39N5O/c1-4-20-19(21-10-7-8-11-22(5-2)6-3)24-12-9-18(17-24)23-13-15-25-16-14-23/h18H,4-17H2,1-3H3,(H,20,21). The van der Waals surface area contributed by atoms with Gasteiger partial charge in [0.05, 0.1) is 13.2 Å². The molecule has 0 spiro atoms. The van der Waals surface area contributed by atoms with Crippen molar-refractivity contribution in [3.8, 4) is 0 Å². The van der Waals surface area contributed by atoms with E-state index < -0.39 is 0 Å². The molecule has 2 rings (SSSR count). The maximum absolute atomic E-state index is 5.49. The third kappa shape index (κ3) is 6.76. The first-order valence-corrected chi connectivity index (χ1v) is 10.4. The van der Waals surface area contributed by atoms with Crippen molar-refractivity contribution in [3.63, 3.8) is 0 Å². The van der Waals surface area contributed by atoms with Crippen molar-refractivity contribution >= 4 is 5.96 Å². The minimum Gasteiger partial charge on any atom is -0.379 e. The molecular weight excluding hydrogens is 314 g/mol. The number of guanidine groups is 1. The Morgan fingerprint density at radius 1 is 1.12 bits per heavy atom. The minimum atomic E-state index is 0.662. The molecular formula is C19H39N5O. The smallest absolute Gasteiger partial charge is 0.193 e. The van der Waals surface area contributed by atoms with Gasteiger partial charge in [-0.25, -0.2) is 0 Å². The van der Waals surface area contributed by atoms with E-state index in [0.717, 1.165) is 71.5 Å². The Morgan fingerprint density at radius 2 is 1.88 bits per heavy atom. The van der Waals surface area contributed by atoms with Gasteiger partial charge < -0.3 is 19.9 Å². The summed E-state index contributed by atoms with van der Waals surface area (Å²) in [5.74, 6) is 1.11. The van der Waals surface area contributed by atoms with Crippen LogP contribution in [0.4, 0.5) is 0 Å². The zero-order valence-electron chi connectivity index (χ0n) is 16.7. The number of likely N-dealkylation sites (tertiary alicyclic amines) is 1. The number of nitrogens with one attached hydrogen (secondary N) is 1. The zero-order chi connectivity index (χ0) is 17.9. The van der Waals surface area contributed by atoms with Crippen molar-refractivity contribution in [2.45, 2.75) is 46.1 Å². The Hall–Kier alpha value is -0.850. The first-order valence-electron chi connectivity index (χ1n) is 10.4. The van der Waals surface area contributed by atoms with E-state index >= 15 is 0 Å². The maximum atomic E-state index is 5.49. The summed E-state index contributed by atoms with van der Waals surface area (Å²) in [6, 6.07) is 0.662. The van der Waals surface area contributed by atoms with Crippen LogP contribution in [0.15, 0.2) is 4.99 Å². The summed E-state index contributed by atoms with van der Waals surface area (Å²) in [4.78, 5) is 12.4. The van der Waals surface area contributed by atoms with Crippen LogP contribution in [0.1, 0.15) is 40.0 Å². The molecule has 0 radical (unpaired) electrons. The number of unbranched alkanes of at least 4 members (excludes halogenated alkanes) is 1. The van der Waals surface area contributed by atoms with Gasteiger partial charge in [-0.2, -0.15) is 0 Å². The Labute approximate surface area is 154 Å². The molecule has 2 saturated heterocycles. The van der Waals surface area contributed by atoms with Crippen molar-refractivity contribution in [2.75, 3.05) is 72.1 Å². The van der Waals surface area contributed by atoms with Gasteiger partial charge >= 0.3 is 0 Å². The molecule has 1 unspecified atom stereocenters. The molecule has 0 aromatic rings. The predicted octanol–water partition coefficient (Wildman–Crippen LogP) is 1.48. The van der Waals surface area contributed by atoms with E-state index in [1.807, 2.05) is 0 Å². The van der Waals surface area contributed by atoms with Crippen LogP contribution in [0.2, 0.25) is 0 Å². The molecule has 0 bridgehead atoms. The fourth-order valence-electron chi connectivity index (χ4n) is 3.77. The van der Waals surface area contributed by atoms with E-state index in [1.165, 1.54) is 25.8 Å². The van der Waals surface area contributed by atoms with Gasteiger partial charge in [-0.05, 0) is 45.8 Å². The van der Waals surface area contributed by atoms with E-state index in [1.54, 1.807) is 0 Å². The van der Waals surface area contributed by atoms with Crippen molar-refractivity contribution in [3.05, 3.63) is 0 Å². The van der Waals surface area contributed by atoms with Crippen LogP contribution in [-0.4, -0.2) is 98.8 Å². The van der Waals surface area contributed by atoms with Gasteiger partial charge in [0.1, 0.15) is 0 Å². The molecule has 0 aromatic heterocycles. The third-order valence-electron chi connectivity index (χ3n) is 5.40. The fraction of sp³-hybridized carbons (Fsp3) is 0.947. The lowest BCUT2D eigenvalue weighted by molar-refractivity contribution is 0.0195. The highest BCUT2D eigenvalue weighted by Gasteiger charge is 2.30. The Balaban J connectivity index is 1.75. The largest absolute Gasteiger partial charge is 0.379 e. The van der Waals surface area contributed by atoms with Crippen LogP contribution in [0, 0.1) is 0 Å². The molecule has 6 nitrogen and oxygen atoms in total. The molecule has 1 N–H and O–H groups in total. The molecule has 1 atom stereocenters. The quantitative estimate of drug-likeness (QED) is 0.386. The number of morpholine rings is 1. The number of nitrogens with zero attached hydrogens (tertiary/aromatic N) is 4. The molecule has 0 aliphatic carbocycles. The van der Waals surface area contributed by atoms with Crippen LogP contribution in [0.25, 0.3) is 0 Å². The lowest BCUT2D eigenvalue weighted by Gasteiger charge is -2.32. The van der Waals surface area contributed by atoms with E-state index in [-0.39, 0.29) is 0 Å². The lowest BCUT2D eigenvalue weighted by Crippen LogP contribution is -2.46. The van der Waals surface area contributed by atoms with Crippen LogP contribution in [0.5, 0.6) is 0 Å². The topological polar surface area (TPSA) is 43.3 Å². The fourth-order valence-corrected chi connectivity index (χ4v) is 3.77. The van der Waals surface area contributed by atoms with Gasteiger partial charge in [0.25, 0.3) is 0 Å². The lowest BCUT2D eigenvalue weighted by atomic mass is 10.2. The Morgan fingerprint density at radius 3 is 2.56 bits per heavy atom.